The largest absolute Gasteiger partial charge is 0.342 e. The summed E-state index contributed by atoms with van der Waals surface area (Å²) in [6.07, 6.45) is 9.74. The number of carbonyl (C=O) groups excluding carboxylic acids is 2. The maximum absolute atomic E-state index is 12.4. The molecule has 25 heavy (non-hydrogen) atoms. The van der Waals surface area contributed by atoms with E-state index in [-0.39, 0.29) is 11.7 Å². The highest BCUT2D eigenvalue weighted by Crippen LogP contribution is 2.36. The molecule has 2 unspecified atom stereocenters. The second-order valence-electron chi connectivity index (χ2n) is 7.81. The van der Waals surface area contributed by atoms with Crippen molar-refractivity contribution in [2.24, 2.45) is 11.8 Å². The van der Waals surface area contributed by atoms with Crippen LogP contribution in [-0.4, -0.2) is 29.7 Å². The minimum Gasteiger partial charge on any atom is -0.342 e. The number of carbonyl (C=O) groups is 2. The number of fused-ring (bicyclic) bond motifs is 1. The molecule has 3 rings (SSSR count). The van der Waals surface area contributed by atoms with E-state index >= 15 is 0 Å². The molecule has 0 aromatic heterocycles. The fourth-order valence-corrected chi connectivity index (χ4v) is 4.48. The number of amides is 1. The number of rotatable bonds is 7. The normalized spacial score (nSPS) is 23.1. The van der Waals surface area contributed by atoms with Gasteiger partial charge in [-0.3, -0.25) is 9.59 Å². The average molecular weight is 341 g/mol. The van der Waals surface area contributed by atoms with Gasteiger partial charge in [-0.25, -0.2) is 0 Å². The van der Waals surface area contributed by atoms with Crippen molar-refractivity contribution in [3.63, 3.8) is 0 Å². The van der Waals surface area contributed by atoms with Crippen LogP contribution in [-0.2, 0) is 16.0 Å². The zero-order valence-corrected chi connectivity index (χ0v) is 15.3. The molecule has 0 bridgehead atoms. The molecule has 1 saturated carbocycles. The molecule has 1 aromatic rings. The minimum atomic E-state index is 0.264. The van der Waals surface area contributed by atoms with Crippen LogP contribution in [0.4, 0.5) is 0 Å². The first-order valence-electron chi connectivity index (χ1n) is 10.1. The molecule has 1 saturated heterocycles. The van der Waals surface area contributed by atoms with Crippen LogP contribution in [0, 0.1) is 11.8 Å². The smallest absolute Gasteiger partial charge is 0.222 e. The summed E-state index contributed by atoms with van der Waals surface area (Å²) in [6.45, 7) is 1.90. The van der Waals surface area contributed by atoms with Crippen LogP contribution in [0.5, 0.6) is 0 Å². The van der Waals surface area contributed by atoms with Gasteiger partial charge in [0.2, 0.25) is 5.91 Å². The summed E-state index contributed by atoms with van der Waals surface area (Å²) in [5.41, 5.74) is 1.21. The maximum atomic E-state index is 12.4. The van der Waals surface area contributed by atoms with Crippen LogP contribution in [0.1, 0.15) is 63.4 Å². The first-order chi connectivity index (χ1) is 12.2. The highest BCUT2D eigenvalue weighted by Gasteiger charge is 2.32. The molecule has 0 N–H and O–H groups in total. The van der Waals surface area contributed by atoms with Gasteiger partial charge in [0.15, 0.2) is 0 Å². The van der Waals surface area contributed by atoms with Crippen LogP contribution in [0.2, 0.25) is 0 Å². The Morgan fingerprint density at radius 1 is 0.920 bits per heavy atom. The first-order valence-corrected chi connectivity index (χ1v) is 10.1. The summed E-state index contributed by atoms with van der Waals surface area (Å²) in [6, 6.07) is 10.1. The predicted octanol–water partition coefficient (Wildman–Crippen LogP) is 4.40. The van der Waals surface area contributed by atoms with Crippen molar-refractivity contribution in [2.75, 3.05) is 13.1 Å². The van der Waals surface area contributed by atoms with Gasteiger partial charge in [0, 0.05) is 32.4 Å². The second kappa shape index (κ2) is 9.17. The number of hydrogen-bond acceptors (Lipinski definition) is 2. The van der Waals surface area contributed by atoms with E-state index in [0.29, 0.717) is 25.7 Å². The number of nitrogens with zero attached hydrogens (tertiary/aromatic N) is 1. The van der Waals surface area contributed by atoms with Gasteiger partial charge in [0.05, 0.1) is 0 Å². The molecule has 1 aliphatic carbocycles. The summed E-state index contributed by atoms with van der Waals surface area (Å²) in [4.78, 5) is 26.6. The Hall–Kier alpha value is -1.64. The van der Waals surface area contributed by atoms with E-state index in [1.807, 2.05) is 18.2 Å². The standard InChI is InChI=1S/C22H31NO2/c24-21(14-13-18-7-2-1-3-8-18)11-6-12-22(25)23-16-15-19-9-4-5-10-20(19)17-23/h1-3,7-8,19-20H,4-6,9-17H2. The molecular formula is C22H31NO2. The highest BCUT2D eigenvalue weighted by molar-refractivity contribution is 5.80. The molecule has 1 aliphatic heterocycles. The summed E-state index contributed by atoms with van der Waals surface area (Å²) < 4.78 is 0. The molecule has 3 nitrogen and oxygen atoms in total. The molecule has 2 aliphatic rings. The molecule has 2 atom stereocenters. The number of likely N-dealkylation sites (tertiary alicyclic amines) is 1. The Morgan fingerprint density at radius 3 is 2.48 bits per heavy atom. The van der Waals surface area contributed by atoms with E-state index in [2.05, 4.69) is 17.0 Å². The fraction of sp³-hybridized carbons (Fsp3) is 0.636. The molecule has 136 valence electrons. The number of benzene rings is 1. The molecule has 3 heteroatoms. The van der Waals surface area contributed by atoms with Gasteiger partial charge < -0.3 is 4.90 Å². The number of piperidine rings is 1. The van der Waals surface area contributed by atoms with E-state index in [0.717, 1.165) is 31.3 Å². The van der Waals surface area contributed by atoms with E-state index < -0.39 is 0 Å². The maximum Gasteiger partial charge on any atom is 0.222 e. The number of ketones is 1. The third-order valence-electron chi connectivity index (χ3n) is 6.03. The zero-order valence-electron chi connectivity index (χ0n) is 15.3. The number of Topliss-reactive ketones (excluding diaryl/α,β-unsaturated/α-hetero) is 1. The number of aryl methyl sites for hydroxylation is 1. The molecule has 1 heterocycles. The van der Waals surface area contributed by atoms with Gasteiger partial charge in [-0.1, -0.05) is 49.6 Å². The van der Waals surface area contributed by atoms with Crippen molar-refractivity contribution in [1.29, 1.82) is 0 Å². The van der Waals surface area contributed by atoms with Crippen LogP contribution >= 0.6 is 0 Å². The van der Waals surface area contributed by atoms with Crippen molar-refractivity contribution in [1.82, 2.24) is 4.90 Å². The molecule has 2 fully saturated rings. The molecule has 1 amide bonds. The lowest BCUT2D eigenvalue weighted by atomic mass is 9.75. The lowest BCUT2D eigenvalue weighted by Gasteiger charge is -2.41. The van der Waals surface area contributed by atoms with Crippen molar-refractivity contribution < 1.29 is 9.59 Å². The van der Waals surface area contributed by atoms with Gasteiger partial charge >= 0.3 is 0 Å². The monoisotopic (exact) mass is 341 g/mol. The fourth-order valence-electron chi connectivity index (χ4n) is 4.48. The van der Waals surface area contributed by atoms with Gasteiger partial charge in [-0.2, -0.15) is 0 Å². The van der Waals surface area contributed by atoms with E-state index in [9.17, 15) is 9.59 Å². The van der Waals surface area contributed by atoms with E-state index in [1.165, 1.54) is 37.7 Å². The van der Waals surface area contributed by atoms with Crippen molar-refractivity contribution in [3.05, 3.63) is 35.9 Å². The summed E-state index contributed by atoms with van der Waals surface area (Å²) in [7, 11) is 0. The minimum absolute atomic E-state index is 0.264. The Labute approximate surface area is 151 Å². The van der Waals surface area contributed by atoms with Crippen molar-refractivity contribution >= 4 is 11.7 Å². The lowest BCUT2D eigenvalue weighted by Crippen LogP contribution is -2.44. The molecule has 1 aromatic carbocycles. The van der Waals surface area contributed by atoms with E-state index in [4.69, 9.17) is 0 Å². The van der Waals surface area contributed by atoms with Gasteiger partial charge in [0.1, 0.15) is 5.78 Å². The van der Waals surface area contributed by atoms with Crippen LogP contribution in [0.25, 0.3) is 0 Å². The topological polar surface area (TPSA) is 37.4 Å². The highest BCUT2D eigenvalue weighted by atomic mass is 16.2. The molecule has 0 spiro atoms. The van der Waals surface area contributed by atoms with E-state index in [1.54, 1.807) is 0 Å². The Morgan fingerprint density at radius 2 is 1.68 bits per heavy atom. The van der Waals surface area contributed by atoms with Gasteiger partial charge in [0.25, 0.3) is 0 Å². The van der Waals surface area contributed by atoms with Crippen molar-refractivity contribution in [3.8, 4) is 0 Å². The average Bonchev–Trinajstić information content (AvgIpc) is 2.66. The zero-order chi connectivity index (χ0) is 17.5. The molecule has 0 radical (unpaired) electrons. The SMILES string of the molecule is O=C(CCCC(=O)N1CCC2CCCCC2C1)CCc1ccccc1. The summed E-state index contributed by atoms with van der Waals surface area (Å²) in [5.74, 6) is 2.14. The Kier molecular flexibility index (Phi) is 6.66. The number of hydrogen-bond donors (Lipinski definition) is 0. The Bertz CT molecular complexity index is 569. The Balaban J connectivity index is 1.33. The molecular weight excluding hydrogens is 310 g/mol. The summed E-state index contributed by atoms with van der Waals surface area (Å²) in [5, 5.41) is 0. The van der Waals surface area contributed by atoms with Crippen LogP contribution < -0.4 is 0 Å². The van der Waals surface area contributed by atoms with Gasteiger partial charge in [-0.05, 0) is 43.1 Å². The quantitative estimate of drug-likeness (QED) is 0.737. The predicted molar refractivity (Wildman–Crippen MR) is 100 cm³/mol. The van der Waals surface area contributed by atoms with Crippen molar-refractivity contribution in [2.45, 2.75) is 64.2 Å². The van der Waals surface area contributed by atoms with Crippen LogP contribution in [0.15, 0.2) is 30.3 Å². The lowest BCUT2D eigenvalue weighted by molar-refractivity contribution is -0.134. The second-order valence-corrected chi connectivity index (χ2v) is 7.81. The first kappa shape index (κ1) is 18.2. The van der Waals surface area contributed by atoms with Gasteiger partial charge in [-0.15, -0.1) is 0 Å². The third-order valence-corrected chi connectivity index (χ3v) is 6.03. The third kappa shape index (κ3) is 5.42. The van der Waals surface area contributed by atoms with Crippen LogP contribution in [0.3, 0.4) is 0 Å². The summed E-state index contributed by atoms with van der Waals surface area (Å²) >= 11 is 0.